The lowest BCUT2D eigenvalue weighted by Gasteiger charge is -2.28. The Bertz CT molecular complexity index is 998. The zero-order valence-electron chi connectivity index (χ0n) is 14.6. The van der Waals surface area contributed by atoms with Gasteiger partial charge in [0.1, 0.15) is 18.0 Å². The van der Waals surface area contributed by atoms with Crippen LogP contribution in [0.5, 0.6) is 0 Å². The molecule has 0 atom stereocenters. The van der Waals surface area contributed by atoms with E-state index in [1.54, 1.807) is 12.4 Å². The lowest BCUT2D eigenvalue weighted by molar-refractivity contribution is 0.497. The Kier molecular flexibility index (Phi) is 3.84. The van der Waals surface area contributed by atoms with Gasteiger partial charge in [-0.2, -0.15) is 0 Å². The van der Waals surface area contributed by atoms with Gasteiger partial charge in [0.25, 0.3) is 0 Å². The summed E-state index contributed by atoms with van der Waals surface area (Å²) in [7, 11) is 0. The maximum Gasteiger partial charge on any atom is 0.162 e. The minimum absolute atomic E-state index is 0.218. The van der Waals surface area contributed by atoms with Crippen LogP contribution >= 0.6 is 0 Å². The molecule has 1 aromatic carbocycles. The van der Waals surface area contributed by atoms with Crippen LogP contribution in [0.1, 0.15) is 41.7 Å². The van der Waals surface area contributed by atoms with Crippen LogP contribution in [0.4, 0.5) is 14.6 Å². The van der Waals surface area contributed by atoms with E-state index in [1.807, 2.05) is 4.57 Å². The average Bonchev–Trinajstić information content (AvgIpc) is 3.47. The van der Waals surface area contributed by atoms with Crippen LogP contribution in [0.3, 0.4) is 0 Å². The van der Waals surface area contributed by atoms with Gasteiger partial charge in [-0.3, -0.25) is 0 Å². The van der Waals surface area contributed by atoms with Gasteiger partial charge >= 0.3 is 0 Å². The molecule has 0 bridgehead atoms. The highest BCUT2D eigenvalue weighted by Gasteiger charge is 2.27. The third-order valence-corrected chi connectivity index (χ3v) is 5.20. The molecule has 1 aliphatic carbocycles. The smallest absolute Gasteiger partial charge is 0.162 e. The highest BCUT2D eigenvalue weighted by molar-refractivity contribution is 5.41. The number of fused-ring (bicyclic) bond motifs is 1. The summed E-state index contributed by atoms with van der Waals surface area (Å²) >= 11 is 0. The molecule has 2 aromatic heterocycles. The Morgan fingerprint density at radius 2 is 1.96 bits per heavy atom. The second kappa shape index (κ2) is 6.37. The van der Waals surface area contributed by atoms with E-state index in [0.717, 1.165) is 29.9 Å². The van der Waals surface area contributed by atoms with Crippen LogP contribution in [0.25, 0.3) is 0 Å². The molecule has 1 saturated carbocycles. The molecule has 0 radical (unpaired) electrons. The second-order valence-electron chi connectivity index (χ2n) is 7.07. The highest BCUT2D eigenvalue weighted by atomic mass is 19.2. The van der Waals surface area contributed by atoms with E-state index in [9.17, 15) is 8.78 Å². The van der Waals surface area contributed by atoms with E-state index in [2.05, 4.69) is 31.1 Å². The number of halogens is 2. The molecule has 0 unspecified atom stereocenters. The molecule has 27 heavy (non-hydrogen) atoms. The van der Waals surface area contributed by atoms with Crippen molar-refractivity contribution in [1.29, 1.82) is 0 Å². The molecule has 1 aliphatic heterocycles. The van der Waals surface area contributed by atoms with Crippen LogP contribution in [0, 0.1) is 11.6 Å². The Morgan fingerprint density at radius 3 is 2.81 bits per heavy atom. The van der Waals surface area contributed by atoms with Crippen molar-refractivity contribution in [2.24, 2.45) is 0 Å². The molecule has 3 aromatic rings. The third-order valence-electron chi connectivity index (χ3n) is 5.20. The Morgan fingerprint density at radius 1 is 1.07 bits per heavy atom. The van der Waals surface area contributed by atoms with Gasteiger partial charge in [0, 0.05) is 37.2 Å². The van der Waals surface area contributed by atoms with Crippen molar-refractivity contribution in [3.63, 3.8) is 0 Å². The summed E-state index contributed by atoms with van der Waals surface area (Å²) in [6, 6.07) is 6.27. The number of nitrogens with zero attached hydrogens (tertiary/aromatic N) is 6. The first-order valence-electron chi connectivity index (χ1n) is 9.10. The van der Waals surface area contributed by atoms with Crippen molar-refractivity contribution >= 4 is 5.82 Å². The number of hydrogen-bond donors (Lipinski definition) is 0. The molecule has 3 heterocycles. The van der Waals surface area contributed by atoms with E-state index in [4.69, 9.17) is 0 Å². The molecule has 0 spiro atoms. The lowest BCUT2D eigenvalue weighted by atomic mass is 10.1. The van der Waals surface area contributed by atoms with Crippen LogP contribution in [0.2, 0.25) is 0 Å². The van der Waals surface area contributed by atoms with Gasteiger partial charge in [0.15, 0.2) is 17.5 Å². The van der Waals surface area contributed by atoms with Crippen molar-refractivity contribution in [2.75, 3.05) is 11.4 Å². The molecule has 5 rings (SSSR count). The van der Waals surface area contributed by atoms with Crippen LogP contribution < -0.4 is 4.90 Å². The molecular weight excluding hydrogens is 350 g/mol. The largest absolute Gasteiger partial charge is 0.347 e. The number of hydrogen-bond acceptors (Lipinski definition) is 5. The summed E-state index contributed by atoms with van der Waals surface area (Å²) in [4.78, 5) is 10.9. The van der Waals surface area contributed by atoms with Crippen molar-refractivity contribution in [2.45, 2.75) is 38.3 Å². The molecule has 1 fully saturated rings. The lowest BCUT2D eigenvalue weighted by Crippen LogP contribution is -2.35. The summed E-state index contributed by atoms with van der Waals surface area (Å²) in [5, 5.41) is 8.47. The van der Waals surface area contributed by atoms with Crippen LogP contribution in [-0.4, -0.2) is 31.3 Å². The third kappa shape index (κ3) is 3.05. The topological polar surface area (TPSA) is 59.7 Å². The maximum absolute atomic E-state index is 14.0. The summed E-state index contributed by atoms with van der Waals surface area (Å²) < 4.78 is 29.4. The fraction of sp³-hybridized carbons (Fsp3) is 0.368. The quantitative estimate of drug-likeness (QED) is 0.709. The molecule has 138 valence electrons. The van der Waals surface area contributed by atoms with E-state index in [1.165, 1.54) is 18.9 Å². The van der Waals surface area contributed by atoms with Gasteiger partial charge in [-0.15, -0.1) is 10.2 Å². The predicted octanol–water partition coefficient (Wildman–Crippen LogP) is 2.83. The first kappa shape index (κ1) is 16.3. The SMILES string of the molecule is Fc1cccc(Cc2nnc3n2CCN(c2cc(C4CC4)ncn2)C3)c1F. The van der Waals surface area contributed by atoms with E-state index in [-0.39, 0.29) is 12.0 Å². The van der Waals surface area contributed by atoms with Crippen molar-refractivity contribution in [1.82, 2.24) is 24.7 Å². The molecule has 2 aliphatic rings. The Balaban J connectivity index is 1.37. The Labute approximate surface area is 154 Å². The van der Waals surface area contributed by atoms with Crippen molar-refractivity contribution < 1.29 is 8.78 Å². The molecular formula is C19H18F2N6. The highest BCUT2D eigenvalue weighted by Crippen LogP contribution is 2.39. The van der Waals surface area contributed by atoms with Gasteiger partial charge in [-0.05, 0) is 24.5 Å². The monoisotopic (exact) mass is 368 g/mol. The number of rotatable bonds is 4. The summed E-state index contributed by atoms with van der Waals surface area (Å²) in [5.41, 5.74) is 1.40. The molecule has 0 saturated heterocycles. The fourth-order valence-electron chi connectivity index (χ4n) is 3.54. The Hall–Kier alpha value is -2.90. The minimum atomic E-state index is -0.840. The van der Waals surface area contributed by atoms with Gasteiger partial charge in [-0.25, -0.2) is 18.7 Å². The molecule has 6 nitrogen and oxygen atoms in total. The number of anilines is 1. The number of aromatic nitrogens is 5. The van der Waals surface area contributed by atoms with Gasteiger partial charge in [0.05, 0.1) is 6.54 Å². The normalized spacial score (nSPS) is 16.4. The molecule has 8 heteroatoms. The van der Waals surface area contributed by atoms with Crippen molar-refractivity contribution in [3.8, 4) is 0 Å². The van der Waals surface area contributed by atoms with Crippen LogP contribution in [0.15, 0.2) is 30.6 Å². The maximum atomic E-state index is 14.0. The molecule has 0 N–H and O–H groups in total. The zero-order chi connectivity index (χ0) is 18.4. The summed E-state index contributed by atoms with van der Waals surface area (Å²) in [5.74, 6) is 1.27. The standard InChI is InChI=1S/C19H18F2N6/c20-14-3-1-2-13(19(14)21)8-17-24-25-18-10-26(6-7-27(17)18)16-9-15(12-4-5-12)22-11-23-16/h1-3,9,11-12H,4-8,10H2. The molecule has 0 amide bonds. The summed E-state index contributed by atoms with van der Waals surface area (Å²) in [6.45, 7) is 2.02. The van der Waals surface area contributed by atoms with Crippen molar-refractivity contribution in [3.05, 3.63) is 65.1 Å². The van der Waals surface area contributed by atoms with E-state index in [0.29, 0.717) is 24.8 Å². The fourth-order valence-corrected chi connectivity index (χ4v) is 3.54. The summed E-state index contributed by atoms with van der Waals surface area (Å²) in [6.07, 6.45) is 4.24. The predicted molar refractivity (Wildman–Crippen MR) is 94.2 cm³/mol. The zero-order valence-corrected chi connectivity index (χ0v) is 14.6. The first-order chi connectivity index (χ1) is 13.2. The number of benzene rings is 1. The van der Waals surface area contributed by atoms with E-state index < -0.39 is 11.6 Å². The van der Waals surface area contributed by atoms with Gasteiger partial charge < -0.3 is 9.47 Å². The first-order valence-corrected chi connectivity index (χ1v) is 9.10. The second-order valence-corrected chi connectivity index (χ2v) is 7.07. The minimum Gasteiger partial charge on any atom is -0.347 e. The average molecular weight is 368 g/mol. The van der Waals surface area contributed by atoms with Gasteiger partial charge in [0.2, 0.25) is 0 Å². The van der Waals surface area contributed by atoms with Crippen LogP contribution in [-0.2, 0) is 19.5 Å². The van der Waals surface area contributed by atoms with Gasteiger partial charge in [-0.1, -0.05) is 12.1 Å². The van der Waals surface area contributed by atoms with E-state index >= 15 is 0 Å².